The predicted octanol–water partition coefficient (Wildman–Crippen LogP) is 5.11. The van der Waals surface area contributed by atoms with Crippen LogP contribution < -0.4 is 0 Å². The number of alkyl halides is 3. The SMILES string of the molecule is CC/C(=C\c1ccccc1)[C@@H]1C[C@H]1N(C(=O)C(F)(F)F)C1CC2(C1)CN(Cc1ccc(C(=O)OC)cn1)C2. The molecule has 5 rings (SSSR count). The molecular formula is C29H32F3N3O3. The van der Waals surface area contributed by atoms with Gasteiger partial charge >= 0.3 is 18.1 Å². The van der Waals surface area contributed by atoms with Crippen molar-refractivity contribution in [2.45, 2.75) is 57.4 Å². The van der Waals surface area contributed by atoms with Crippen molar-refractivity contribution in [1.82, 2.24) is 14.8 Å². The zero-order valence-electron chi connectivity index (χ0n) is 21.6. The highest BCUT2D eigenvalue weighted by Crippen LogP contribution is 2.55. The number of halogens is 3. The van der Waals surface area contributed by atoms with Gasteiger partial charge in [0, 0.05) is 43.8 Å². The van der Waals surface area contributed by atoms with Crippen LogP contribution in [0.5, 0.6) is 0 Å². The van der Waals surface area contributed by atoms with Crippen molar-refractivity contribution in [1.29, 1.82) is 0 Å². The average molecular weight is 528 g/mol. The van der Waals surface area contributed by atoms with Gasteiger partial charge in [-0.2, -0.15) is 13.2 Å². The first-order chi connectivity index (χ1) is 18.1. The fourth-order valence-corrected chi connectivity index (χ4v) is 6.25. The normalized spacial score (nSPS) is 22.9. The Morgan fingerprint density at radius 3 is 2.45 bits per heavy atom. The molecule has 6 nitrogen and oxygen atoms in total. The van der Waals surface area contributed by atoms with Gasteiger partial charge in [0.1, 0.15) is 0 Å². The molecule has 1 aromatic carbocycles. The largest absolute Gasteiger partial charge is 0.471 e. The zero-order chi connectivity index (χ0) is 27.1. The lowest BCUT2D eigenvalue weighted by Crippen LogP contribution is -2.67. The van der Waals surface area contributed by atoms with Crippen molar-refractivity contribution in [2.75, 3.05) is 20.2 Å². The summed E-state index contributed by atoms with van der Waals surface area (Å²) < 4.78 is 45.5. The number of esters is 1. The van der Waals surface area contributed by atoms with E-state index in [0.29, 0.717) is 31.4 Å². The molecule has 0 unspecified atom stereocenters. The first-order valence-electron chi connectivity index (χ1n) is 13.0. The van der Waals surface area contributed by atoms with E-state index >= 15 is 0 Å². The molecule has 2 saturated carbocycles. The van der Waals surface area contributed by atoms with Crippen molar-refractivity contribution in [3.63, 3.8) is 0 Å². The van der Waals surface area contributed by atoms with E-state index in [-0.39, 0.29) is 17.4 Å². The molecule has 9 heteroatoms. The number of benzene rings is 1. The van der Waals surface area contributed by atoms with Gasteiger partial charge in [-0.3, -0.25) is 14.7 Å². The molecule has 3 fully saturated rings. The molecule has 2 aromatic rings. The molecule has 2 heterocycles. The van der Waals surface area contributed by atoms with Crippen LogP contribution in [-0.4, -0.2) is 65.1 Å². The number of hydrogen-bond acceptors (Lipinski definition) is 5. The van der Waals surface area contributed by atoms with E-state index in [1.807, 2.05) is 37.3 Å². The summed E-state index contributed by atoms with van der Waals surface area (Å²) >= 11 is 0. The van der Waals surface area contributed by atoms with Gasteiger partial charge in [-0.25, -0.2) is 4.79 Å². The van der Waals surface area contributed by atoms with E-state index in [2.05, 4.69) is 20.7 Å². The van der Waals surface area contributed by atoms with Gasteiger partial charge in [0.05, 0.1) is 18.4 Å². The van der Waals surface area contributed by atoms with Gasteiger partial charge in [-0.05, 0) is 48.8 Å². The van der Waals surface area contributed by atoms with E-state index in [9.17, 15) is 22.8 Å². The molecule has 1 amide bonds. The Kier molecular flexibility index (Phi) is 7.07. The van der Waals surface area contributed by atoms with Crippen LogP contribution in [-0.2, 0) is 16.1 Å². The maximum atomic E-state index is 13.6. The highest BCUT2D eigenvalue weighted by atomic mass is 19.4. The quantitative estimate of drug-likeness (QED) is 0.447. The van der Waals surface area contributed by atoms with Crippen molar-refractivity contribution in [2.24, 2.45) is 11.3 Å². The third-order valence-corrected chi connectivity index (χ3v) is 8.11. The molecule has 202 valence electrons. The van der Waals surface area contributed by atoms with Crippen LogP contribution in [0.2, 0.25) is 0 Å². The van der Waals surface area contributed by atoms with E-state index < -0.39 is 24.1 Å². The Labute approximate surface area is 220 Å². The zero-order valence-corrected chi connectivity index (χ0v) is 21.6. The highest BCUT2D eigenvalue weighted by molar-refractivity contribution is 5.88. The highest BCUT2D eigenvalue weighted by Gasteiger charge is 2.61. The van der Waals surface area contributed by atoms with Crippen LogP contribution in [0.3, 0.4) is 0 Å². The number of methoxy groups -OCH3 is 1. The minimum Gasteiger partial charge on any atom is -0.465 e. The summed E-state index contributed by atoms with van der Waals surface area (Å²) in [4.78, 5) is 31.8. The molecule has 2 aliphatic carbocycles. The van der Waals surface area contributed by atoms with E-state index in [1.54, 1.807) is 12.1 Å². The molecular weight excluding hydrogens is 495 g/mol. The smallest absolute Gasteiger partial charge is 0.465 e. The minimum absolute atomic E-state index is 0.0278. The summed E-state index contributed by atoms with van der Waals surface area (Å²) in [6, 6.07) is 12.4. The van der Waals surface area contributed by atoms with Gasteiger partial charge in [0.25, 0.3) is 0 Å². The Balaban J connectivity index is 1.20. The van der Waals surface area contributed by atoms with Crippen LogP contribution in [0.4, 0.5) is 13.2 Å². The van der Waals surface area contributed by atoms with Crippen LogP contribution in [0, 0.1) is 11.3 Å². The summed E-state index contributed by atoms with van der Waals surface area (Å²) in [7, 11) is 1.32. The topological polar surface area (TPSA) is 62.7 Å². The first-order valence-corrected chi connectivity index (χ1v) is 13.0. The Hall–Kier alpha value is -3.20. The van der Waals surface area contributed by atoms with Crippen LogP contribution >= 0.6 is 0 Å². The first kappa shape index (κ1) is 26.4. The third kappa shape index (κ3) is 5.34. The van der Waals surface area contributed by atoms with Crippen LogP contribution in [0.25, 0.3) is 6.08 Å². The fourth-order valence-electron chi connectivity index (χ4n) is 6.25. The molecule has 3 aliphatic rings. The summed E-state index contributed by atoms with van der Waals surface area (Å²) in [6.07, 6.45) is 1.16. The van der Waals surface area contributed by atoms with Crippen LogP contribution in [0.1, 0.15) is 54.2 Å². The Bertz CT molecular complexity index is 1200. The number of nitrogens with zero attached hydrogens (tertiary/aromatic N) is 3. The maximum Gasteiger partial charge on any atom is 0.471 e. The monoisotopic (exact) mass is 527 g/mol. The van der Waals surface area contributed by atoms with Crippen LogP contribution in [0.15, 0.2) is 54.2 Å². The van der Waals surface area contributed by atoms with Crippen molar-refractivity contribution in [3.8, 4) is 0 Å². The summed E-state index contributed by atoms with van der Waals surface area (Å²) in [5.41, 5.74) is 3.27. The minimum atomic E-state index is -4.88. The van der Waals surface area contributed by atoms with Crippen molar-refractivity contribution >= 4 is 18.0 Å². The lowest BCUT2D eigenvalue weighted by atomic mass is 9.60. The summed E-state index contributed by atoms with van der Waals surface area (Å²) in [5, 5.41) is 0. The average Bonchev–Trinajstić information content (AvgIpc) is 3.64. The second kappa shape index (κ2) is 10.2. The lowest BCUT2D eigenvalue weighted by Gasteiger charge is -2.61. The van der Waals surface area contributed by atoms with Gasteiger partial charge in [0.15, 0.2) is 0 Å². The lowest BCUT2D eigenvalue weighted by molar-refractivity contribution is -0.197. The molecule has 0 N–H and O–H groups in total. The van der Waals surface area contributed by atoms with Gasteiger partial charge in [-0.1, -0.05) is 48.9 Å². The number of carbonyl (C=O) groups is 2. The number of rotatable bonds is 8. The van der Waals surface area contributed by atoms with Crippen molar-refractivity contribution < 1.29 is 27.5 Å². The number of pyridine rings is 1. The Morgan fingerprint density at radius 1 is 1.16 bits per heavy atom. The molecule has 1 aromatic heterocycles. The molecule has 0 bridgehead atoms. The number of likely N-dealkylation sites (tertiary alicyclic amines) is 1. The van der Waals surface area contributed by atoms with E-state index in [4.69, 9.17) is 0 Å². The van der Waals surface area contributed by atoms with Gasteiger partial charge in [-0.15, -0.1) is 0 Å². The number of amides is 1. The van der Waals surface area contributed by atoms with E-state index in [1.165, 1.54) is 18.2 Å². The Morgan fingerprint density at radius 2 is 1.87 bits per heavy atom. The standard InChI is InChI=1S/C29H32F3N3O3/c1-3-20(11-19-7-5-4-6-8-19)24-12-25(24)35(27(37)29(30,31)32)23-13-28(14-23)17-34(18-28)16-22-10-9-21(15-33-22)26(36)38-2/h4-11,15,23-25H,3,12-14,16-18H2,1-2H3/b20-11+/t24-,25+/m0/s1. The molecule has 1 spiro atoms. The molecule has 1 saturated heterocycles. The molecule has 1 aliphatic heterocycles. The molecule has 2 atom stereocenters. The predicted molar refractivity (Wildman–Crippen MR) is 136 cm³/mol. The summed E-state index contributed by atoms with van der Waals surface area (Å²) in [5.74, 6) is -2.17. The van der Waals surface area contributed by atoms with Gasteiger partial charge in [0.2, 0.25) is 0 Å². The number of ether oxygens (including phenoxy) is 1. The maximum absolute atomic E-state index is 13.6. The van der Waals surface area contributed by atoms with Crippen molar-refractivity contribution in [3.05, 3.63) is 71.1 Å². The van der Waals surface area contributed by atoms with E-state index in [0.717, 1.165) is 36.3 Å². The second-order valence-corrected chi connectivity index (χ2v) is 10.8. The van der Waals surface area contributed by atoms with Gasteiger partial charge < -0.3 is 9.64 Å². The number of carbonyl (C=O) groups excluding carboxylic acids is 2. The molecule has 38 heavy (non-hydrogen) atoms. The third-order valence-electron chi connectivity index (χ3n) is 8.11. The summed E-state index contributed by atoms with van der Waals surface area (Å²) in [6.45, 7) is 4.15. The second-order valence-electron chi connectivity index (χ2n) is 10.8. The number of aromatic nitrogens is 1. The number of hydrogen-bond donors (Lipinski definition) is 0. The fraction of sp³-hybridized carbons (Fsp3) is 0.483. The molecule has 0 radical (unpaired) electrons.